The summed E-state index contributed by atoms with van der Waals surface area (Å²) in [4.78, 5) is 23.3. The van der Waals surface area contributed by atoms with Crippen molar-refractivity contribution in [2.45, 2.75) is 19.8 Å². The Bertz CT molecular complexity index is 487. The van der Waals surface area contributed by atoms with Gasteiger partial charge >= 0.3 is 5.97 Å². The summed E-state index contributed by atoms with van der Waals surface area (Å²) in [7, 11) is 0. The summed E-state index contributed by atoms with van der Waals surface area (Å²) in [5, 5.41) is 2.60. The number of amides is 1. The van der Waals surface area contributed by atoms with Gasteiger partial charge in [0.1, 0.15) is 5.82 Å². The lowest BCUT2D eigenvalue weighted by Gasteiger charge is -2.11. The van der Waals surface area contributed by atoms with Crippen LogP contribution in [-0.2, 0) is 20.7 Å². The van der Waals surface area contributed by atoms with Crippen LogP contribution in [0.5, 0.6) is 0 Å². The minimum Gasteiger partial charge on any atom is -0.466 e. The third kappa shape index (κ3) is 2.67. The number of carbonyl (C=O) groups excluding carboxylic acids is 2. The fourth-order valence-corrected chi connectivity index (χ4v) is 2.03. The molecule has 2 rings (SSSR count). The van der Waals surface area contributed by atoms with Crippen LogP contribution in [0.25, 0.3) is 0 Å². The number of halogens is 1. The lowest BCUT2D eigenvalue weighted by molar-refractivity contribution is -0.149. The molecule has 1 atom stereocenters. The maximum Gasteiger partial charge on any atom is 0.309 e. The summed E-state index contributed by atoms with van der Waals surface area (Å²) < 4.78 is 18.0. The molecule has 0 aliphatic carbocycles. The third-order valence-electron chi connectivity index (χ3n) is 2.86. The first-order valence-electron chi connectivity index (χ1n) is 5.85. The number of fused-ring (bicyclic) bond motifs is 1. The van der Waals surface area contributed by atoms with Gasteiger partial charge in [-0.15, -0.1) is 0 Å². The molecule has 1 aromatic rings. The molecule has 1 aliphatic rings. The number of carbonyl (C=O) groups is 2. The Labute approximate surface area is 104 Å². The van der Waals surface area contributed by atoms with Crippen molar-refractivity contribution in [3.05, 3.63) is 29.6 Å². The molecule has 1 heterocycles. The first kappa shape index (κ1) is 12.5. The molecule has 1 N–H and O–H groups in total. The Morgan fingerprint density at radius 3 is 3.00 bits per heavy atom. The third-order valence-corrected chi connectivity index (χ3v) is 2.86. The van der Waals surface area contributed by atoms with Gasteiger partial charge in [-0.25, -0.2) is 4.39 Å². The zero-order chi connectivity index (χ0) is 13.1. The lowest BCUT2D eigenvalue weighted by Crippen LogP contribution is -2.23. The van der Waals surface area contributed by atoms with Crippen LogP contribution in [0.2, 0.25) is 0 Å². The van der Waals surface area contributed by atoms with Gasteiger partial charge in [-0.3, -0.25) is 9.59 Å². The quantitative estimate of drug-likeness (QED) is 0.817. The van der Waals surface area contributed by atoms with Gasteiger partial charge in [0.2, 0.25) is 5.91 Å². The van der Waals surface area contributed by atoms with E-state index in [0.717, 1.165) is 5.56 Å². The Kier molecular flexibility index (Phi) is 3.60. The summed E-state index contributed by atoms with van der Waals surface area (Å²) in [5.41, 5.74) is 1.19. The van der Waals surface area contributed by atoms with Gasteiger partial charge in [-0.2, -0.15) is 0 Å². The molecule has 0 saturated carbocycles. The fourth-order valence-electron chi connectivity index (χ4n) is 2.03. The van der Waals surface area contributed by atoms with E-state index in [2.05, 4.69) is 5.32 Å². The van der Waals surface area contributed by atoms with Crippen molar-refractivity contribution < 1.29 is 18.7 Å². The monoisotopic (exact) mass is 251 g/mol. The smallest absolute Gasteiger partial charge is 0.309 e. The standard InChI is InChI=1S/C13H14FNO3/c1-2-18-13(17)9-5-8-3-4-10(14)7-11(8)15-12(16)6-9/h3-4,7,9H,2,5-6H2,1H3,(H,15,16). The second kappa shape index (κ2) is 5.16. The van der Waals surface area contributed by atoms with E-state index in [0.29, 0.717) is 12.1 Å². The number of nitrogens with one attached hydrogen (secondary N) is 1. The maximum atomic E-state index is 13.1. The molecule has 1 unspecified atom stereocenters. The molecule has 0 fully saturated rings. The van der Waals surface area contributed by atoms with E-state index < -0.39 is 11.7 Å². The number of rotatable bonds is 2. The van der Waals surface area contributed by atoms with Crippen LogP contribution in [0, 0.1) is 11.7 Å². The molecule has 0 radical (unpaired) electrons. The molecule has 0 bridgehead atoms. The van der Waals surface area contributed by atoms with Crippen molar-refractivity contribution in [3.8, 4) is 0 Å². The minimum absolute atomic E-state index is 0.0646. The van der Waals surface area contributed by atoms with Crippen molar-refractivity contribution in [1.29, 1.82) is 0 Å². The SMILES string of the molecule is CCOC(=O)C1CC(=O)Nc2cc(F)ccc2C1. The molecule has 5 heteroatoms. The lowest BCUT2D eigenvalue weighted by atomic mass is 9.97. The van der Waals surface area contributed by atoms with Crippen LogP contribution in [0.1, 0.15) is 18.9 Å². The van der Waals surface area contributed by atoms with Crippen LogP contribution in [0.15, 0.2) is 18.2 Å². The maximum absolute atomic E-state index is 13.1. The summed E-state index contributed by atoms with van der Waals surface area (Å²) in [6, 6.07) is 4.17. The fraction of sp³-hybridized carbons (Fsp3) is 0.385. The Morgan fingerprint density at radius 2 is 2.28 bits per heavy atom. The molecule has 1 aliphatic heterocycles. The van der Waals surface area contributed by atoms with Crippen LogP contribution in [0.4, 0.5) is 10.1 Å². The summed E-state index contributed by atoms with van der Waals surface area (Å²) in [6.07, 6.45) is 0.447. The number of hydrogen-bond acceptors (Lipinski definition) is 3. The van der Waals surface area contributed by atoms with Crippen molar-refractivity contribution in [2.75, 3.05) is 11.9 Å². The van der Waals surface area contributed by atoms with E-state index in [9.17, 15) is 14.0 Å². The predicted molar refractivity (Wildman–Crippen MR) is 63.5 cm³/mol. The minimum atomic E-state index is -0.503. The highest BCUT2D eigenvalue weighted by molar-refractivity contribution is 5.95. The van der Waals surface area contributed by atoms with E-state index in [1.807, 2.05) is 0 Å². The molecule has 1 aromatic carbocycles. The molecular formula is C13H14FNO3. The van der Waals surface area contributed by atoms with Gasteiger partial charge < -0.3 is 10.1 Å². The van der Waals surface area contributed by atoms with Gasteiger partial charge in [0.15, 0.2) is 0 Å². The molecular weight excluding hydrogens is 237 g/mol. The summed E-state index contributed by atoms with van der Waals surface area (Å²) >= 11 is 0. The molecule has 4 nitrogen and oxygen atoms in total. The summed E-state index contributed by atoms with van der Waals surface area (Å²) in [5.74, 6) is -1.59. The van der Waals surface area contributed by atoms with Crippen molar-refractivity contribution >= 4 is 17.6 Å². The number of ether oxygens (including phenoxy) is 1. The van der Waals surface area contributed by atoms with Crippen LogP contribution < -0.4 is 5.32 Å². The van der Waals surface area contributed by atoms with Gasteiger partial charge in [0, 0.05) is 12.1 Å². The Morgan fingerprint density at radius 1 is 1.50 bits per heavy atom. The topological polar surface area (TPSA) is 55.4 Å². The van der Waals surface area contributed by atoms with E-state index >= 15 is 0 Å². The van der Waals surface area contributed by atoms with E-state index in [1.165, 1.54) is 12.1 Å². The molecule has 18 heavy (non-hydrogen) atoms. The second-order valence-corrected chi connectivity index (χ2v) is 4.21. The highest BCUT2D eigenvalue weighted by atomic mass is 19.1. The Balaban J connectivity index is 2.27. The number of esters is 1. The molecule has 96 valence electrons. The second-order valence-electron chi connectivity index (χ2n) is 4.21. The van der Waals surface area contributed by atoms with Crippen LogP contribution >= 0.6 is 0 Å². The van der Waals surface area contributed by atoms with Crippen LogP contribution in [0.3, 0.4) is 0 Å². The molecule has 0 spiro atoms. The summed E-state index contributed by atoms with van der Waals surface area (Å²) in [6.45, 7) is 2.01. The Hall–Kier alpha value is -1.91. The van der Waals surface area contributed by atoms with Gasteiger partial charge in [0.05, 0.1) is 12.5 Å². The molecule has 0 saturated heterocycles. The average molecular weight is 251 g/mol. The normalized spacial score (nSPS) is 18.6. The number of benzene rings is 1. The molecule has 0 aromatic heterocycles. The van der Waals surface area contributed by atoms with Crippen molar-refractivity contribution in [2.24, 2.45) is 5.92 Å². The van der Waals surface area contributed by atoms with E-state index in [4.69, 9.17) is 4.74 Å². The zero-order valence-corrected chi connectivity index (χ0v) is 10.0. The predicted octanol–water partition coefficient (Wildman–Crippen LogP) is 1.89. The van der Waals surface area contributed by atoms with Gasteiger partial charge in [-0.05, 0) is 31.0 Å². The van der Waals surface area contributed by atoms with E-state index in [-0.39, 0.29) is 24.9 Å². The highest BCUT2D eigenvalue weighted by Gasteiger charge is 2.28. The number of anilines is 1. The molecule has 1 amide bonds. The first-order valence-corrected chi connectivity index (χ1v) is 5.85. The van der Waals surface area contributed by atoms with Crippen LogP contribution in [-0.4, -0.2) is 18.5 Å². The highest BCUT2D eigenvalue weighted by Crippen LogP contribution is 2.26. The first-order chi connectivity index (χ1) is 8.60. The van der Waals surface area contributed by atoms with E-state index in [1.54, 1.807) is 13.0 Å². The van der Waals surface area contributed by atoms with Gasteiger partial charge in [0.25, 0.3) is 0 Å². The largest absolute Gasteiger partial charge is 0.466 e. The number of hydrogen-bond donors (Lipinski definition) is 1. The zero-order valence-electron chi connectivity index (χ0n) is 10.0. The average Bonchev–Trinajstić information content (AvgIpc) is 2.47. The van der Waals surface area contributed by atoms with Crippen molar-refractivity contribution in [3.63, 3.8) is 0 Å². The van der Waals surface area contributed by atoms with Gasteiger partial charge in [-0.1, -0.05) is 6.07 Å². The van der Waals surface area contributed by atoms with Crippen molar-refractivity contribution in [1.82, 2.24) is 0 Å².